The molecular weight excluding hydrogens is 126 g/mol. The van der Waals surface area contributed by atoms with Crippen LogP contribution in [-0.4, -0.2) is 17.9 Å². The number of carbonyl (C=O) groups is 1. The van der Waals surface area contributed by atoms with Gasteiger partial charge in [0.1, 0.15) is 0 Å². The van der Waals surface area contributed by atoms with Crippen molar-refractivity contribution in [2.75, 3.05) is 6.54 Å². The van der Waals surface area contributed by atoms with Gasteiger partial charge in [-0.05, 0) is 33.1 Å². The molecular formula is C8H14NO. The number of hydrogen-bond acceptors (Lipinski definition) is 1. The molecule has 0 aromatic rings. The molecule has 0 spiro atoms. The van der Waals surface area contributed by atoms with Crippen molar-refractivity contribution < 1.29 is 4.79 Å². The van der Waals surface area contributed by atoms with Gasteiger partial charge in [-0.3, -0.25) is 4.79 Å². The van der Waals surface area contributed by atoms with Crippen molar-refractivity contribution in [2.24, 2.45) is 0 Å². The first-order valence-electron chi connectivity index (χ1n) is 3.85. The van der Waals surface area contributed by atoms with Gasteiger partial charge in [-0.1, -0.05) is 0 Å². The highest BCUT2D eigenvalue weighted by Crippen LogP contribution is 2.20. The van der Waals surface area contributed by atoms with Crippen molar-refractivity contribution in [3.63, 3.8) is 0 Å². The maximum Gasteiger partial charge on any atom is 0.151 e. The molecule has 0 aliphatic carbocycles. The normalized spacial score (nSPS) is 33.8. The zero-order valence-electron chi connectivity index (χ0n) is 6.68. The zero-order valence-corrected chi connectivity index (χ0v) is 6.68. The Morgan fingerprint density at radius 2 is 2.20 bits per heavy atom. The van der Waals surface area contributed by atoms with Gasteiger partial charge in [0.05, 0.1) is 5.54 Å². The van der Waals surface area contributed by atoms with E-state index < -0.39 is 0 Å². The molecule has 1 heterocycles. The van der Waals surface area contributed by atoms with E-state index in [1.165, 1.54) is 0 Å². The van der Waals surface area contributed by atoms with E-state index in [1.807, 2.05) is 6.92 Å². The van der Waals surface area contributed by atoms with Crippen LogP contribution < -0.4 is 5.32 Å². The first-order chi connectivity index (χ1) is 4.65. The van der Waals surface area contributed by atoms with Gasteiger partial charge in [-0.15, -0.1) is 0 Å². The number of rotatable bonds is 1. The molecule has 0 N–H and O–H groups in total. The van der Waals surface area contributed by atoms with Crippen molar-refractivity contribution >= 4 is 5.78 Å². The first-order valence-corrected chi connectivity index (χ1v) is 3.85. The molecule has 1 aliphatic rings. The molecule has 0 bridgehead atoms. The Morgan fingerprint density at radius 1 is 1.50 bits per heavy atom. The molecule has 10 heavy (non-hydrogen) atoms. The summed E-state index contributed by atoms with van der Waals surface area (Å²) in [4.78, 5) is 11.0. The second-order valence-corrected chi connectivity index (χ2v) is 3.17. The third kappa shape index (κ3) is 1.37. The molecule has 0 saturated carbocycles. The first kappa shape index (κ1) is 7.73. The molecule has 2 nitrogen and oxygen atoms in total. The highest BCUT2D eigenvalue weighted by molar-refractivity contribution is 5.85. The molecule has 0 aromatic heterocycles. The molecule has 1 unspecified atom stereocenters. The second kappa shape index (κ2) is 2.70. The van der Waals surface area contributed by atoms with Crippen LogP contribution >= 0.6 is 0 Å². The highest BCUT2D eigenvalue weighted by atomic mass is 16.1. The zero-order chi connectivity index (χ0) is 7.61. The number of ketones is 1. The topological polar surface area (TPSA) is 31.2 Å². The van der Waals surface area contributed by atoms with Gasteiger partial charge in [0.15, 0.2) is 5.78 Å². The van der Waals surface area contributed by atoms with Crippen molar-refractivity contribution in [1.82, 2.24) is 5.32 Å². The van der Waals surface area contributed by atoms with Gasteiger partial charge >= 0.3 is 0 Å². The third-order valence-electron chi connectivity index (χ3n) is 2.29. The van der Waals surface area contributed by atoms with Crippen molar-refractivity contribution in [3.05, 3.63) is 0 Å². The monoisotopic (exact) mass is 140 g/mol. The maximum absolute atomic E-state index is 11.0. The number of hydrogen-bond donors (Lipinski definition) is 0. The van der Waals surface area contributed by atoms with E-state index in [0.717, 1.165) is 25.8 Å². The van der Waals surface area contributed by atoms with Crippen LogP contribution in [0.4, 0.5) is 0 Å². The molecule has 57 valence electrons. The molecule has 1 saturated heterocycles. The van der Waals surface area contributed by atoms with Crippen LogP contribution in [0.3, 0.4) is 0 Å². The van der Waals surface area contributed by atoms with E-state index in [9.17, 15) is 4.79 Å². The van der Waals surface area contributed by atoms with Gasteiger partial charge in [0.25, 0.3) is 0 Å². The van der Waals surface area contributed by atoms with Gasteiger partial charge in [-0.2, -0.15) is 0 Å². The Balaban J connectivity index is 2.56. The Hall–Kier alpha value is -0.370. The van der Waals surface area contributed by atoms with Gasteiger partial charge in [-0.25, -0.2) is 5.32 Å². The average Bonchev–Trinajstić information content (AvgIpc) is 1.89. The van der Waals surface area contributed by atoms with Crippen molar-refractivity contribution in [1.29, 1.82) is 0 Å². The molecule has 0 amide bonds. The van der Waals surface area contributed by atoms with Crippen LogP contribution in [0.5, 0.6) is 0 Å². The van der Waals surface area contributed by atoms with Crippen LogP contribution in [0.15, 0.2) is 0 Å². The van der Waals surface area contributed by atoms with Gasteiger partial charge < -0.3 is 0 Å². The van der Waals surface area contributed by atoms with Crippen molar-refractivity contribution in [2.45, 2.75) is 38.6 Å². The molecule has 1 aliphatic heterocycles. The van der Waals surface area contributed by atoms with Crippen LogP contribution in [-0.2, 0) is 4.79 Å². The third-order valence-corrected chi connectivity index (χ3v) is 2.29. The lowest BCUT2D eigenvalue weighted by Crippen LogP contribution is -2.46. The minimum atomic E-state index is -0.335. The average molecular weight is 140 g/mol. The fourth-order valence-corrected chi connectivity index (χ4v) is 1.27. The summed E-state index contributed by atoms with van der Waals surface area (Å²) >= 11 is 0. The Bertz CT molecular complexity index is 136. The standard InChI is InChI=1S/C8H14NO/c1-7(10)8(2)5-3-4-6-9-8/h3-6H2,1-2H3. The van der Waals surface area contributed by atoms with Crippen LogP contribution in [0.1, 0.15) is 33.1 Å². The minimum absolute atomic E-state index is 0.215. The fraction of sp³-hybridized carbons (Fsp3) is 0.875. The minimum Gasteiger partial charge on any atom is -0.298 e. The van der Waals surface area contributed by atoms with Gasteiger partial charge in [0, 0.05) is 6.54 Å². The molecule has 0 aromatic carbocycles. The lowest BCUT2D eigenvalue weighted by atomic mass is 9.88. The van der Waals surface area contributed by atoms with E-state index in [4.69, 9.17) is 0 Å². The summed E-state index contributed by atoms with van der Waals surface area (Å²) < 4.78 is 0. The summed E-state index contributed by atoms with van der Waals surface area (Å²) in [5, 5.41) is 4.31. The predicted octanol–water partition coefficient (Wildman–Crippen LogP) is 1.12. The number of nitrogens with zero attached hydrogens (tertiary/aromatic N) is 1. The Morgan fingerprint density at radius 3 is 2.50 bits per heavy atom. The van der Waals surface area contributed by atoms with E-state index in [2.05, 4.69) is 5.32 Å². The quantitative estimate of drug-likeness (QED) is 0.537. The van der Waals surface area contributed by atoms with E-state index >= 15 is 0 Å². The van der Waals surface area contributed by atoms with Gasteiger partial charge in [0.2, 0.25) is 0 Å². The molecule has 1 rings (SSSR count). The highest BCUT2D eigenvalue weighted by Gasteiger charge is 2.31. The summed E-state index contributed by atoms with van der Waals surface area (Å²) in [7, 11) is 0. The van der Waals surface area contributed by atoms with E-state index in [0.29, 0.717) is 0 Å². The van der Waals surface area contributed by atoms with E-state index in [-0.39, 0.29) is 11.3 Å². The summed E-state index contributed by atoms with van der Waals surface area (Å²) in [6.07, 6.45) is 3.25. The largest absolute Gasteiger partial charge is 0.298 e. The Kier molecular flexibility index (Phi) is 2.09. The summed E-state index contributed by atoms with van der Waals surface area (Å²) in [5.74, 6) is 0.215. The molecule has 1 atom stereocenters. The smallest absolute Gasteiger partial charge is 0.151 e. The second-order valence-electron chi connectivity index (χ2n) is 3.17. The predicted molar refractivity (Wildman–Crippen MR) is 39.9 cm³/mol. The number of Topliss-reactive ketones (excluding diaryl/α,β-unsaturated/α-hetero) is 1. The van der Waals surface area contributed by atoms with Crippen LogP contribution in [0.2, 0.25) is 0 Å². The fourth-order valence-electron chi connectivity index (χ4n) is 1.27. The summed E-state index contributed by atoms with van der Waals surface area (Å²) in [5.41, 5.74) is -0.335. The number of piperidine rings is 1. The van der Waals surface area contributed by atoms with Crippen LogP contribution in [0, 0.1) is 0 Å². The lowest BCUT2D eigenvalue weighted by molar-refractivity contribution is -0.123. The van der Waals surface area contributed by atoms with Crippen LogP contribution in [0.25, 0.3) is 0 Å². The molecule has 2 heteroatoms. The molecule has 1 fully saturated rings. The summed E-state index contributed by atoms with van der Waals surface area (Å²) in [6.45, 7) is 4.44. The summed E-state index contributed by atoms with van der Waals surface area (Å²) in [6, 6.07) is 0. The van der Waals surface area contributed by atoms with E-state index in [1.54, 1.807) is 6.92 Å². The Labute approximate surface area is 62.0 Å². The molecule has 1 radical (unpaired) electrons. The number of carbonyl (C=O) groups excluding carboxylic acids is 1. The van der Waals surface area contributed by atoms with Crippen molar-refractivity contribution in [3.8, 4) is 0 Å². The SMILES string of the molecule is CC(=O)C1(C)CCCC[N]1. The maximum atomic E-state index is 11.0. The lowest BCUT2D eigenvalue weighted by Gasteiger charge is -2.30.